The van der Waals surface area contributed by atoms with Crippen molar-refractivity contribution in [3.63, 3.8) is 0 Å². The molecule has 94 valence electrons. The molecule has 2 aromatic carbocycles. The second-order valence-corrected chi connectivity index (χ2v) is 5.62. The molecule has 0 amide bonds. The molecule has 0 radical (unpaired) electrons. The Balaban J connectivity index is 2.21. The lowest BCUT2D eigenvalue weighted by Gasteiger charge is -2.18. The van der Waals surface area contributed by atoms with Crippen LogP contribution in [0.3, 0.4) is 0 Å². The van der Waals surface area contributed by atoms with Crippen molar-refractivity contribution < 1.29 is 0 Å². The molecule has 2 rings (SSSR count). The molecule has 0 spiro atoms. The molecule has 0 aliphatic carbocycles. The standard InChI is InChI=1S/C16H18BrN/c1-11-8-12(2)10-14(9-11)18-13(3)15-6-4-5-7-16(15)17/h4-10,13,18H,1-3H3. The van der Waals surface area contributed by atoms with E-state index in [1.807, 2.05) is 6.07 Å². The van der Waals surface area contributed by atoms with Crippen molar-refractivity contribution in [3.05, 3.63) is 63.6 Å². The van der Waals surface area contributed by atoms with Crippen LogP contribution in [-0.4, -0.2) is 0 Å². The summed E-state index contributed by atoms with van der Waals surface area (Å²) >= 11 is 3.60. The third kappa shape index (κ3) is 3.14. The number of hydrogen-bond acceptors (Lipinski definition) is 1. The van der Waals surface area contributed by atoms with E-state index in [-0.39, 0.29) is 6.04 Å². The summed E-state index contributed by atoms with van der Waals surface area (Å²) in [5.74, 6) is 0. The summed E-state index contributed by atoms with van der Waals surface area (Å²) in [7, 11) is 0. The minimum atomic E-state index is 0.279. The third-order valence-corrected chi connectivity index (χ3v) is 3.70. The molecule has 0 bridgehead atoms. The van der Waals surface area contributed by atoms with Gasteiger partial charge in [0.15, 0.2) is 0 Å². The fourth-order valence-corrected chi connectivity index (χ4v) is 2.84. The summed E-state index contributed by atoms with van der Waals surface area (Å²) in [6.45, 7) is 6.43. The van der Waals surface area contributed by atoms with Crippen molar-refractivity contribution in [2.24, 2.45) is 0 Å². The van der Waals surface area contributed by atoms with Crippen molar-refractivity contribution in [2.75, 3.05) is 5.32 Å². The van der Waals surface area contributed by atoms with Crippen molar-refractivity contribution in [1.82, 2.24) is 0 Å². The van der Waals surface area contributed by atoms with Crippen molar-refractivity contribution in [2.45, 2.75) is 26.8 Å². The van der Waals surface area contributed by atoms with Gasteiger partial charge in [0, 0.05) is 16.2 Å². The maximum atomic E-state index is 3.60. The topological polar surface area (TPSA) is 12.0 Å². The number of aryl methyl sites for hydroxylation is 2. The molecule has 1 unspecified atom stereocenters. The molecule has 1 N–H and O–H groups in total. The summed E-state index contributed by atoms with van der Waals surface area (Å²) in [6, 6.07) is 15.2. The lowest BCUT2D eigenvalue weighted by molar-refractivity contribution is 0.878. The molecule has 1 nitrogen and oxygen atoms in total. The normalized spacial score (nSPS) is 12.2. The van der Waals surface area contributed by atoms with Gasteiger partial charge in [-0.05, 0) is 55.7 Å². The summed E-state index contributed by atoms with van der Waals surface area (Å²) in [6.07, 6.45) is 0. The van der Waals surface area contributed by atoms with Gasteiger partial charge >= 0.3 is 0 Å². The minimum Gasteiger partial charge on any atom is -0.378 e. The van der Waals surface area contributed by atoms with Gasteiger partial charge in [0.2, 0.25) is 0 Å². The number of rotatable bonds is 3. The Labute approximate surface area is 117 Å². The monoisotopic (exact) mass is 303 g/mol. The highest BCUT2D eigenvalue weighted by molar-refractivity contribution is 9.10. The second kappa shape index (κ2) is 5.57. The van der Waals surface area contributed by atoms with Crippen molar-refractivity contribution in [3.8, 4) is 0 Å². The zero-order valence-electron chi connectivity index (χ0n) is 11.0. The maximum absolute atomic E-state index is 3.60. The van der Waals surface area contributed by atoms with E-state index in [2.05, 4.69) is 78.4 Å². The van der Waals surface area contributed by atoms with Crippen molar-refractivity contribution in [1.29, 1.82) is 0 Å². The molecule has 0 aromatic heterocycles. The lowest BCUT2D eigenvalue weighted by Crippen LogP contribution is -2.07. The molecular formula is C16H18BrN. The molecule has 0 fully saturated rings. The molecule has 0 aliphatic rings. The van der Waals surface area contributed by atoms with Crippen LogP contribution in [0.25, 0.3) is 0 Å². The highest BCUT2D eigenvalue weighted by Gasteiger charge is 2.08. The van der Waals surface area contributed by atoms with E-state index in [0.29, 0.717) is 0 Å². The summed E-state index contributed by atoms with van der Waals surface area (Å²) in [4.78, 5) is 0. The van der Waals surface area contributed by atoms with Crippen LogP contribution < -0.4 is 5.32 Å². The van der Waals surface area contributed by atoms with E-state index >= 15 is 0 Å². The smallest absolute Gasteiger partial charge is 0.0496 e. The molecule has 1 atom stereocenters. The summed E-state index contributed by atoms with van der Waals surface area (Å²) < 4.78 is 1.15. The van der Waals surface area contributed by atoms with Crippen LogP contribution in [0.5, 0.6) is 0 Å². The van der Waals surface area contributed by atoms with Gasteiger partial charge < -0.3 is 5.32 Å². The largest absolute Gasteiger partial charge is 0.378 e. The minimum absolute atomic E-state index is 0.279. The lowest BCUT2D eigenvalue weighted by atomic mass is 10.1. The Morgan fingerprint density at radius 1 is 1.00 bits per heavy atom. The Morgan fingerprint density at radius 3 is 2.22 bits per heavy atom. The molecule has 0 saturated carbocycles. The highest BCUT2D eigenvalue weighted by atomic mass is 79.9. The molecule has 2 aromatic rings. The third-order valence-electron chi connectivity index (χ3n) is 2.98. The average molecular weight is 304 g/mol. The Kier molecular flexibility index (Phi) is 4.07. The highest BCUT2D eigenvalue weighted by Crippen LogP contribution is 2.26. The molecule has 2 heteroatoms. The van der Waals surface area contributed by atoms with E-state index in [1.165, 1.54) is 22.4 Å². The van der Waals surface area contributed by atoms with Crippen molar-refractivity contribution >= 4 is 21.6 Å². The van der Waals surface area contributed by atoms with Gasteiger partial charge in [-0.25, -0.2) is 0 Å². The van der Waals surface area contributed by atoms with Gasteiger partial charge in [0.25, 0.3) is 0 Å². The van der Waals surface area contributed by atoms with E-state index in [4.69, 9.17) is 0 Å². The Bertz CT molecular complexity index is 528. The molecular weight excluding hydrogens is 286 g/mol. The van der Waals surface area contributed by atoms with Crippen LogP contribution in [0.4, 0.5) is 5.69 Å². The summed E-state index contributed by atoms with van der Waals surface area (Å²) in [5, 5.41) is 3.55. The first kappa shape index (κ1) is 13.2. The van der Waals surface area contributed by atoms with E-state index in [1.54, 1.807) is 0 Å². The van der Waals surface area contributed by atoms with E-state index < -0.39 is 0 Å². The molecule has 0 saturated heterocycles. The van der Waals surface area contributed by atoms with Crippen LogP contribution >= 0.6 is 15.9 Å². The van der Waals surface area contributed by atoms with E-state index in [0.717, 1.165) is 4.47 Å². The van der Waals surface area contributed by atoms with Gasteiger partial charge in [-0.3, -0.25) is 0 Å². The molecule has 0 aliphatic heterocycles. The van der Waals surface area contributed by atoms with Gasteiger partial charge in [-0.1, -0.05) is 40.2 Å². The van der Waals surface area contributed by atoms with Crippen LogP contribution in [-0.2, 0) is 0 Å². The maximum Gasteiger partial charge on any atom is 0.0496 e. The fraction of sp³-hybridized carbons (Fsp3) is 0.250. The van der Waals surface area contributed by atoms with Crippen LogP contribution in [0.2, 0.25) is 0 Å². The predicted octanol–water partition coefficient (Wildman–Crippen LogP) is 5.24. The number of benzene rings is 2. The SMILES string of the molecule is Cc1cc(C)cc(NC(C)c2ccccc2Br)c1. The Hall–Kier alpha value is -1.28. The van der Waals surface area contributed by atoms with Gasteiger partial charge in [-0.2, -0.15) is 0 Å². The number of nitrogens with one attached hydrogen (secondary N) is 1. The van der Waals surface area contributed by atoms with Crippen LogP contribution in [0.15, 0.2) is 46.9 Å². The van der Waals surface area contributed by atoms with Gasteiger partial charge in [0.1, 0.15) is 0 Å². The Morgan fingerprint density at radius 2 is 1.61 bits per heavy atom. The first-order chi connectivity index (χ1) is 8.56. The second-order valence-electron chi connectivity index (χ2n) is 4.76. The van der Waals surface area contributed by atoms with Crippen LogP contribution in [0.1, 0.15) is 29.7 Å². The van der Waals surface area contributed by atoms with E-state index in [9.17, 15) is 0 Å². The number of anilines is 1. The first-order valence-corrected chi connectivity index (χ1v) is 6.95. The zero-order chi connectivity index (χ0) is 13.1. The zero-order valence-corrected chi connectivity index (χ0v) is 12.6. The number of hydrogen-bond donors (Lipinski definition) is 1. The average Bonchev–Trinajstić information content (AvgIpc) is 2.27. The van der Waals surface area contributed by atoms with Gasteiger partial charge in [0.05, 0.1) is 0 Å². The quantitative estimate of drug-likeness (QED) is 0.817. The number of halogens is 1. The fourth-order valence-electron chi connectivity index (χ4n) is 2.21. The van der Waals surface area contributed by atoms with Crippen LogP contribution in [0, 0.1) is 13.8 Å². The van der Waals surface area contributed by atoms with Gasteiger partial charge in [-0.15, -0.1) is 0 Å². The summed E-state index contributed by atoms with van der Waals surface area (Å²) in [5.41, 5.74) is 5.03. The molecule has 0 heterocycles. The molecule has 18 heavy (non-hydrogen) atoms. The predicted molar refractivity (Wildman–Crippen MR) is 82.1 cm³/mol. The first-order valence-electron chi connectivity index (χ1n) is 6.15.